The number of carbonyl (C=O) groups excluding carboxylic acids is 2. The Bertz CT molecular complexity index is 418. The number of likely N-dealkylation sites (tertiary alicyclic amines) is 1. The number of rotatable bonds is 4. The van der Waals surface area contributed by atoms with Crippen molar-refractivity contribution < 1.29 is 19.5 Å². The van der Waals surface area contributed by atoms with Crippen molar-refractivity contribution in [3.05, 3.63) is 0 Å². The molecule has 6 heteroatoms. The van der Waals surface area contributed by atoms with E-state index in [2.05, 4.69) is 0 Å². The number of carboxylic acids is 1. The fourth-order valence-corrected chi connectivity index (χ4v) is 3.35. The van der Waals surface area contributed by atoms with Crippen molar-refractivity contribution in [1.29, 1.82) is 0 Å². The molecule has 2 rings (SSSR count). The predicted molar refractivity (Wildman–Crippen MR) is 76.5 cm³/mol. The van der Waals surface area contributed by atoms with Crippen LogP contribution >= 0.6 is 0 Å². The van der Waals surface area contributed by atoms with Crippen LogP contribution in [0.1, 0.15) is 38.5 Å². The summed E-state index contributed by atoms with van der Waals surface area (Å²) in [5.41, 5.74) is 0. The van der Waals surface area contributed by atoms with Crippen LogP contribution in [0.25, 0.3) is 0 Å². The largest absolute Gasteiger partial charge is 0.481 e. The van der Waals surface area contributed by atoms with E-state index in [1.165, 1.54) is 4.90 Å². The van der Waals surface area contributed by atoms with E-state index in [1.54, 1.807) is 11.9 Å². The van der Waals surface area contributed by atoms with Gasteiger partial charge in [0.1, 0.15) is 0 Å². The molecule has 0 aromatic rings. The first-order chi connectivity index (χ1) is 10.0. The van der Waals surface area contributed by atoms with Gasteiger partial charge in [0.15, 0.2) is 0 Å². The summed E-state index contributed by atoms with van der Waals surface area (Å²) in [6.45, 7) is 1.59. The molecule has 118 valence electrons. The van der Waals surface area contributed by atoms with Crippen molar-refractivity contribution in [3.63, 3.8) is 0 Å². The highest BCUT2D eigenvalue weighted by atomic mass is 16.4. The lowest BCUT2D eigenvalue weighted by Gasteiger charge is -2.31. The number of carboxylic acid groups (broad SMARTS) is 1. The molecule has 2 amide bonds. The molecule has 1 aliphatic carbocycles. The second-order valence-electron chi connectivity index (χ2n) is 6.12. The van der Waals surface area contributed by atoms with Crippen molar-refractivity contribution in [2.75, 3.05) is 26.7 Å². The highest BCUT2D eigenvalue weighted by Crippen LogP contribution is 2.31. The van der Waals surface area contributed by atoms with Gasteiger partial charge in [-0.05, 0) is 25.7 Å². The van der Waals surface area contributed by atoms with Gasteiger partial charge in [-0.2, -0.15) is 0 Å². The summed E-state index contributed by atoms with van der Waals surface area (Å²) in [7, 11) is 1.60. The molecule has 2 unspecified atom stereocenters. The van der Waals surface area contributed by atoms with Gasteiger partial charge in [0.25, 0.3) is 0 Å². The van der Waals surface area contributed by atoms with E-state index in [-0.39, 0.29) is 18.4 Å². The molecule has 0 radical (unpaired) electrons. The van der Waals surface area contributed by atoms with E-state index in [0.29, 0.717) is 12.8 Å². The Kier molecular flexibility index (Phi) is 5.20. The van der Waals surface area contributed by atoms with Crippen LogP contribution in [-0.4, -0.2) is 59.4 Å². The zero-order valence-corrected chi connectivity index (χ0v) is 12.6. The Balaban J connectivity index is 1.93. The SMILES string of the molecule is CN(CC(=O)N1CCCC1)C(=O)C1CCCCC1C(=O)O. The Hall–Kier alpha value is -1.59. The summed E-state index contributed by atoms with van der Waals surface area (Å²) in [5, 5.41) is 9.25. The molecule has 6 nitrogen and oxygen atoms in total. The Morgan fingerprint density at radius 3 is 2.19 bits per heavy atom. The van der Waals surface area contributed by atoms with E-state index in [4.69, 9.17) is 0 Å². The number of nitrogens with zero attached hydrogens (tertiary/aromatic N) is 2. The second kappa shape index (κ2) is 6.91. The number of hydrogen-bond donors (Lipinski definition) is 1. The molecule has 21 heavy (non-hydrogen) atoms. The van der Waals surface area contributed by atoms with E-state index >= 15 is 0 Å². The lowest BCUT2D eigenvalue weighted by molar-refractivity contribution is -0.152. The molecule has 2 atom stereocenters. The van der Waals surface area contributed by atoms with E-state index in [9.17, 15) is 19.5 Å². The van der Waals surface area contributed by atoms with Gasteiger partial charge in [-0.15, -0.1) is 0 Å². The van der Waals surface area contributed by atoms with Gasteiger partial charge in [0.2, 0.25) is 11.8 Å². The maximum Gasteiger partial charge on any atom is 0.307 e. The second-order valence-corrected chi connectivity index (χ2v) is 6.12. The first-order valence-electron chi connectivity index (χ1n) is 7.76. The number of aliphatic carboxylic acids is 1. The quantitative estimate of drug-likeness (QED) is 0.838. The van der Waals surface area contributed by atoms with Crippen LogP contribution in [0.5, 0.6) is 0 Å². The van der Waals surface area contributed by atoms with Crippen LogP contribution in [0.3, 0.4) is 0 Å². The molecule has 1 aliphatic heterocycles. The van der Waals surface area contributed by atoms with Crippen LogP contribution in [0.2, 0.25) is 0 Å². The monoisotopic (exact) mass is 296 g/mol. The molecule has 1 N–H and O–H groups in total. The summed E-state index contributed by atoms with van der Waals surface area (Å²) in [6.07, 6.45) is 4.95. The minimum Gasteiger partial charge on any atom is -0.481 e. The highest BCUT2D eigenvalue weighted by molar-refractivity contribution is 5.88. The van der Waals surface area contributed by atoms with Crippen molar-refractivity contribution in [1.82, 2.24) is 9.80 Å². The number of likely N-dealkylation sites (N-methyl/N-ethyl adjacent to an activating group) is 1. The van der Waals surface area contributed by atoms with Gasteiger partial charge in [-0.3, -0.25) is 14.4 Å². The Morgan fingerprint density at radius 1 is 1.05 bits per heavy atom. The third-order valence-corrected chi connectivity index (χ3v) is 4.61. The smallest absolute Gasteiger partial charge is 0.307 e. The van der Waals surface area contributed by atoms with Gasteiger partial charge in [0.05, 0.1) is 18.4 Å². The van der Waals surface area contributed by atoms with Crippen molar-refractivity contribution in [2.24, 2.45) is 11.8 Å². The summed E-state index contributed by atoms with van der Waals surface area (Å²) in [6, 6.07) is 0. The molecular formula is C15H24N2O4. The van der Waals surface area contributed by atoms with Crippen LogP contribution in [0.15, 0.2) is 0 Å². The topological polar surface area (TPSA) is 77.9 Å². The molecular weight excluding hydrogens is 272 g/mol. The van der Waals surface area contributed by atoms with Crippen LogP contribution in [0, 0.1) is 11.8 Å². The Morgan fingerprint density at radius 2 is 1.62 bits per heavy atom. The van der Waals surface area contributed by atoms with Gasteiger partial charge >= 0.3 is 5.97 Å². The lowest BCUT2D eigenvalue weighted by atomic mass is 9.78. The van der Waals surface area contributed by atoms with E-state index in [1.807, 2.05) is 0 Å². The molecule has 2 fully saturated rings. The maximum absolute atomic E-state index is 12.5. The van der Waals surface area contributed by atoms with Crippen LogP contribution < -0.4 is 0 Å². The molecule has 0 aromatic heterocycles. The van der Waals surface area contributed by atoms with E-state index in [0.717, 1.165) is 38.8 Å². The molecule has 0 bridgehead atoms. The summed E-state index contributed by atoms with van der Waals surface area (Å²) in [5.74, 6) is -2.21. The van der Waals surface area contributed by atoms with Crippen LogP contribution in [0.4, 0.5) is 0 Å². The first-order valence-corrected chi connectivity index (χ1v) is 7.76. The van der Waals surface area contributed by atoms with Crippen molar-refractivity contribution in [3.8, 4) is 0 Å². The number of hydrogen-bond acceptors (Lipinski definition) is 3. The minimum atomic E-state index is -0.896. The average Bonchev–Trinajstić information content (AvgIpc) is 3.00. The number of carbonyl (C=O) groups is 3. The van der Waals surface area contributed by atoms with Gasteiger partial charge in [0, 0.05) is 20.1 Å². The average molecular weight is 296 g/mol. The third kappa shape index (κ3) is 3.74. The van der Waals surface area contributed by atoms with Crippen LogP contribution in [-0.2, 0) is 14.4 Å². The van der Waals surface area contributed by atoms with Gasteiger partial charge < -0.3 is 14.9 Å². The lowest BCUT2D eigenvalue weighted by Crippen LogP contribution is -2.45. The first kappa shape index (κ1) is 15.8. The van der Waals surface area contributed by atoms with Gasteiger partial charge in [-0.1, -0.05) is 12.8 Å². The van der Waals surface area contributed by atoms with E-state index < -0.39 is 17.8 Å². The van der Waals surface area contributed by atoms with Gasteiger partial charge in [-0.25, -0.2) is 0 Å². The molecule has 1 saturated carbocycles. The normalized spacial score (nSPS) is 25.7. The fraction of sp³-hybridized carbons (Fsp3) is 0.800. The minimum absolute atomic E-state index is 0.0361. The molecule has 1 saturated heterocycles. The predicted octanol–water partition coefficient (Wildman–Crippen LogP) is 0.958. The summed E-state index contributed by atoms with van der Waals surface area (Å²) in [4.78, 5) is 39.0. The molecule has 0 spiro atoms. The zero-order chi connectivity index (χ0) is 15.4. The Labute approximate surface area is 125 Å². The summed E-state index contributed by atoms with van der Waals surface area (Å²) >= 11 is 0. The highest BCUT2D eigenvalue weighted by Gasteiger charge is 2.37. The standard InChI is InChI=1S/C15H24N2O4/c1-16(10-13(18)17-8-4-5-9-17)14(19)11-6-2-3-7-12(11)15(20)21/h11-12H,2-10H2,1H3,(H,20,21). The molecule has 1 heterocycles. The maximum atomic E-state index is 12.5. The molecule has 2 aliphatic rings. The fourth-order valence-electron chi connectivity index (χ4n) is 3.35. The summed E-state index contributed by atoms with van der Waals surface area (Å²) < 4.78 is 0. The zero-order valence-electron chi connectivity index (χ0n) is 12.6. The van der Waals surface area contributed by atoms with Crippen molar-refractivity contribution >= 4 is 17.8 Å². The number of amides is 2. The third-order valence-electron chi connectivity index (χ3n) is 4.61. The van der Waals surface area contributed by atoms with Crippen molar-refractivity contribution in [2.45, 2.75) is 38.5 Å². The molecule has 0 aromatic carbocycles.